The predicted octanol–water partition coefficient (Wildman–Crippen LogP) is 3.05. The molecule has 6 heteroatoms. The number of carbonyl (C=O) groups is 1. The first-order valence-corrected chi connectivity index (χ1v) is 7.01. The average Bonchev–Trinajstić information content (AvgIpc) is 2.41. The predicted molar refractivity (Wildman–Crippen MR) is 76.8 cm³/mol. The molecule has 5 nitrogen and oxygen atoms in total. The van der Waals surface area contributed by atoms with Gasteiger partial charge in [0.15, 0.2) is 0 Å². The largest absolute Gasteiger partial charge is 0.300 e. The van der Waals surface area contributed by atoms with Crippen LogP contribution in [0.2, 0.25) is 5.02 Å². The van der Waals surface area contributed by atoms with Gasteiger partial charge < -0.3 is 0 Å². The van der Waals surface area contributed by atoms with E-state index in [9.17, 15) is 14.9 Å². The van der Waals surface area contributed by atoms with E-state index in [1.54, 1.807) is 13.0 Å². The Morgan fingerprint density at radius 3 is 2.90 bits per heavy atom. The van der Waals surface area contributed by atoms with Gasteiger partial charge in [0.2, 0.25) is 0 Å². The maximum Gasteiger partial charge on any atom is 0.270 e. The minimum absolute atomic E-state index is 0.000920. The Morgan fingerprint density at radius 2 is 2.30 bits per heavy atom. The van der Waals surface area contributed by atoms with Gasteiger partial charge in [-0.1, -0.05) is 11.6 Å². The molecule has 1 aromatic carbocycles. The molecule has 0 spiro atoms. The first-order valence-electron chi connectivity index (χ1n) is 6.63. The summed E-state index contributed by atoms with van der Waals surface area (Å²) in [5, 5.41) is 11.1. The minimum Gasteiger partial charge on any atom is -0.300 e. The molecule has 0 aromatic heterocycles. The van der Waals surface area contributed by atoms with Gasteiger partial charge >= 0.3 is 0 Å². The smallest absolute Gasteiger partial charge is 0.270 e. The van der Waals surface area contributed by atoms with Crippen molar-refractivity contribution in [3.8, 4) is 0 Å². The number of ketones is 1. The van der Waals surface area contributed by atoms with Gasteiger partial charge in [-0.3, -0.25) is 19.8 Å². The number of benzene rings is 1. The summed E-state index contributed by atoms with van der Waals surface area (Å²) in [6.07, 6.45) is 1.94. The molecule has 0 aliphatic carbocycles. The van der Waals surface area contributed by atoms with Crippen LogP contribution in [0.5, 0.6) is 0 Å². The molecule has 0 bridgehead atoms. The molecular formula is C14H17ClN2O3. The summed E-state index contributed by atoms with van der Waals surface area (Å²) in [5.41, 5.74) is 0.862. The van der Waals surface area contributed by atoms with Crippen LogP contribution in [0.4, 0.5) is 5.69 Å². The highest BCUT2D eigenvalue weighted by Crippen LogP contribution is 2.25. The van der Waals surface area contributed by atoms with Crippen LogP contribution in [0, 0.1) is 16.0 Å². The monoisotopic (exact) mass is 296 g/mol. The van der Waals surface area contributed by atoms with Gasteiger partial charge in [0.1, 0.15) is 5.78 Å². The zero-order chi connectivity index (χ0) is 14.7. The van der Waals surface area contributed by atoms with E-state index in [1.807, 2.05) is 0 Å². The van der Waals surface area contributed by atoms with Crippen LogP contribution >= 0.6 is 11.6 Å². The Kier molecular flexibility index (Phi) is 4.73. The van der Waals surface area contributed by atoms with E-state index in [1.165, 1.54) is 12.1 Å². The van der Waals surface area contributed by atoms with Crippen molar-refractivity contribution in [2.45, 2.75) is 26.3 Å². The first kappa shape index (κ1) is 14.9. The lowest BCUT2D eigenvalue weighted by atomic mass is 9.94. The summed E-state index contributed by atoms with van der Waals surface area (Å²) in [4.78, 5) is 23.9. The fraction of sp³-hybridized carbons (Fsp3) is 0.500. The minimum atomic E-state index is -0.456. The summed E-state index contributed by atoms with van der Waals surface area (Å²) < 4.78 is 0. The Balaban J connectivity index is 2.06. The highest BCUT2D eigenvalue weighted by atomic mass is 35.5. The summed E-state index contributed by atoms with van der Waals surface area (Å²) in [7, 11) is 0. The molecule has 0 N–H and O–H groups in total. The molecule has 20 heavy (non-hydrogen) atoms. The molecule has 1 aliphatic rings. The summed E-state index contributed by atoms with van der Waals surface area (Å²) in [6.45, 7) is 3.92. The van der Waals surface area contributed by atoms with Gasteiger partial charge in [-0.05, 0) is 37.9 Å². The second-order valence-corrected chi connectivity index (χ2v) is 5.62. The molecule has 0 amide bonds. The van der Waals surface area contributed by atoms with Crippen molar-refractivity contribution in [3.05, 3.63) is 38.9 Å². The standard InChI is InChI=1S/C14H17ClN2O3/c1-10(18)11-3-2-6-16(8-11)9-12-4-5-13(17(19)20)7-14(12)15/h4-5,7,11H,2-3,6,8-9H2,1H3. The van der Waals surface area contributed by atoms with E-state index in [2.05, 4.69) is 4.90 Å². The van der Waals surface area contributed by atoms with Crippen LogP contribution < -0.4 is 0 Å². The third kappa shape index (κ3) is 3.55. The van der Waals surface area contributed by atoms with Crippen molar-refractivity contribution >= 4 is 23.1 Å². The van der Waals surface area contributed by atoms with Gasteiger partial charge in [0, 0.05) is 31.1 Å². The maximum atomic E-state index is 11.5. The van der Waals surface area contributed by atoms with Gasteiger partial charge in [0.05, 0.1) is 9.95 Å². The summed E-state index contributed by atoms with van der Waals surface area (Å²) in [5.74, 6) is 0.324. The molecule has 1 saturated heterocycles. The zero-order valence-corrected chi connectivity index (χ0v) is 12.1. The number of nitro benzene ring substituents is 1. The van der Waals surface area contributed by atoms with Gasteiger partial charge in [-0.15, -0.1) is 0 Å². The van der Waals surface area contributed by atoms with E-state index in [0.717, 1.165) is 31.5 Å². The Hall–Kier alpha value is -1.46. The van der Waals surface area contributed by atoms with Crippen LogP contribution in [-0.4, -0.2) is 28.7 Å². The number of hydrogen-bond donors (Lipinski definition) is 0. The van der Waals surface area contributed by atoms with Crippen LogP contribution in [0.25, 0.3) is 0 Å². The lowest BCUT2D eigenvalue weighted by Crippen LogP contribution is -2.37. The second kappa shape index (κ2) is 6.33. The molecule has 2 rings (SSSR count). The van der Waals surface area contributed by atoms with Crippen LogP contribution in [0.3, 0.4) is 0 Å². The number of halogens is 1. The fourth-order valence-corrected chi connectivity index (χ4v) is 2.78. The van der Waals surface area contributed by atoms with Crippen molar-refractivity contribution in [1.82, 2.24) is 4.90 Å². The summed E-state index contributed by atoms with van der Waals surface area (Å²) in [6, 6.07) is 4.54. The molecule has 1 unspecified atom stereocenters. The molecule has 1 aromatic rings. The van der Waals surface area contributed by atoms with Crippen LogP contribution in [-0.2, 0) is 11.3 Å². The van der Waals surface area contributed by atoms with Crippen molar-refractivity contribution in [1.29, 1.82) is 0 Å². The topological polar surface area (TPSA) is 63.5 Å². The lowest BCUT2D eigenvalue weighted by molar-refractivity contribution is -0.384. The number of rotatable bonds is 4. The number of carbonyl (C=O) groups excluding carboxylic acids is 1. The average molecular weight is 297 g/mol. The van der Waals surface area contributed by atoms with Crippen LogP contribution in [0.1, 0.15) is 25.3 Å². The Morgan fingerprint density at radius 1 is 1.55 bits per heavy atom. The van der Waals surface area contributed by atoms with Gasteiger partial charge in [-0.2, -0.15) is 0 Å². The third-order valence-corrected chi connectivity index (χ3v) is 4.07. The van der Waals surface area contributed by atoms with Gasteiger partial charge in [0.25, 0.3) is 5.69 Å². The molecule has 1 atom stereocenters. The fourth-order valence-electron chi connectivity index (χ4n) is 2.55. The molecule has 1 aliphatic heterocycles. The van der Waals surface area contributed by atoms with E-state index in [4.69, 9.17) is 11.6 Å². The lowest BCUT2D eigenvalue weighted by Gasteiger charge is -2.31. The van der Waals surface area contributed by atoms with Crippen molar-refractivity contribution in [3.63, 3.8) is 0 Å². The van der Waals surface area contributed by atoms with Crippen molar-refractivity contribution < 1.29 is 9.72 Å². The van der Waals surface area contributed by atoms with E-state index in [-0.39, 0.29) is 17.4 Å². The Bertz CT molecular complexity index is 533. The number of piperidine rings is 1. The quantitative estimate of drug-likeness (QED) is 0.633. The highest BCUT2D eigenvalue weighted by molar-refractivity contribution is 6.31. The molecular weight excluding hydrogens is 280 g/mol. The second-order valence-electron chi connectivity index (χ2n) is 5.22. The Labute approximate surface area is 122 Å². The molecule has 1 heterocycles. The molecule has 0 saturated carbocycles. The number of non-ortho nitro benzene ring substituents is 1. The molecule has 108 valence electrons. The normalized spacial score (nSPS) is 19.8. The third-order valence-electron chi connectivity index (χ3n) is 3.72. The SMILES string of the molecule is CC(=O)C1CCCN(Cc2ccc([N+](=O)[O-])cc2Cl)C1. The van der Waals surface area contributed by atoms with Crippen molar-refractivity contribution in [2.75, 3.05) is 13.1 Å². The number of likely N-dealkylation sites (tertiary alicyclic amines) is 1. The van der Waals surface area contributed by atoms with Gasteiger partial charge in [-0.25, -0.2) is 0 Å². The van der Waals surface area contributed by atoms with E-state index in [0.29, 0.717) is 11.6 Å². The van der Waals surface area contributed by atoms with Crippen molar-refractivity contribution in [2.24, 2.45) is 5.92 Å². The molecule has 0 radical (unpaired) electrons. The van der Waals surface area contributed by atoms with E-state index >= 15 is 0 Å². The zero-order valence-electron chi connectivity index (χ0n) is 11.3. The highest BCUT2D eigenvalue weighted by Gasteiger charge is 2.23. The van der Waals surface area contributed by atoms with Crippen LogP contribution in [0.15, 0.2) is 18.2 Å². The first-order chi connectivity index (χ1) is 9.47. The maximum absolute atomic E-state index is 11.5. The number of nitro groups is 1. The summed E-state index contributed by atoms with van der Waals surface area (Å²) >= 11 is 6.09. The molecule has 1 fully saturated rings. The van der Waals surface area contributed by atoms with E-state index < -0.39 is 4.92 Å². The number of nitrogens with zero attached hydrogens (tertiary/aromatic N) is 2. The number of Topliss-reactive ketones (excluding diaryl/α,β-unsaturated/α-hetero) is 1. The number of hydrogen-bond acceptors (Lipinski definition) is 4.